The monoisotopic (exact) mass is 369 g/mol. The first-order valence-electron chi connectivity index (χ1n) is 9.32. The van der Waals surface area contributed by atoms with Crippen LogP contribution in [0.25, 0.3) is 5.69 Å². The number of aromatic nitrogens is 3. The van der Waals surface area contributed by atoms with E-state index in [4.69, 9.17) is 5.11 Å². The molecule has 0 radical (unpaired) electrons. The minimum atomic E-state index is -0.793. The Kier molecular flexibility index (Phi) is 4.89. The van der Waals surface area contributed by atoms with Crippen molar-refractivity contribution in [3.8, 4) is 5.69 Å². The molecule has 0 atom stereocenters. The normalized spacial score (nSPS) is 21.7. The van der Waals surface area contributed by atoms with Crippen molar-refractivity contribution in [2.45, 2.75) is 37.8 Å². The lowest BCUT2D eigenvalue weighted by Crippen LogP contribution is -2.55. The van der Waals surface area contributed by atoms with Crippen LogP contribution in [0.15, 0.2) is 36.7 Å². The molecule has 27 heavy (non-hydrogen) atoms. The fraction of sp³-hybridized carbons (Fsp3) is 0.474. The fourth-order valence-electron chi connectivity index (χ4n) is 3.47. The number of rotatable bonds is 8. The summed E-state index contributed by atoms with van der Waals surface area (Å²) >= 11 is 0. The highest BCUT2D eigenvalue weighted by Gasteiger charge is 2.38. The van der Waals surface area contributed by atoms with Gasteiger partial charge in [-0.3, -0.25) is 14.5 Å². The van der Waals surface area contributed by atoms with E-state index in [-0.39, 0.29) is 30.4 Å². The van der Waals surface area contributed by atoms with Gasteiger partial charge in [0.1, 0.15) is 6.33 Å². The Balaban J connectivity index is 1.30. The number of aliphatic carboxylic acids is 1. The number of hydrogen-bond donors (Lipinski definition) is 2. The summed E-state index contributed by atoms with van der Waals surface area (Å²) in [5.74, 6) is -0.300. The number of carbonyl (C=O) groups is 2. The Morgan fingerprint density at radius 2 is 1.96 bits per heavy atom. The molecule has 8 heteroatoms. The summed E-state index contributed by atoms with van der Waals surface area (Å²) in [5.41, 5.74) is 0.845. The van der Waals surface area contributed by atoms with Crippen molar-refractivity contribution in [2.75, 3.05) is 13.1 Å². The Labute approximate surface area is 157 Å². The van der Waals surface area contributed by atoms with Gasteiger partial charge in [-0.25, -0.2) is 9.67 Å². The molecule has 0 aliphatic heterocycles. The van der Waals surface area contributed by atoms with Gasteiger partial charge in [-0.1, -0.05) is 18.2 Å². The molecule has 1 aromatic heterocycles. The van der Waals surface area contributed by atoms with E-state index < -0.39 is 5.97 Å². The Bertz CT molecular complexity index is 812. The molecule has 142 valence electrons. The fourth-order valence-corrected chi connectivity index (χ4v) is 3.47. The molecule has 2 fully saturated rings. The summed E-state index contributed by atoms with van der Waals surface area (Å²) in [6.07, 6.45) is 5.45. The lowest BCUT2D eigenvalue weighted by molar-refractivity contribution is -0.139. The molecular weight excluding hydrogens is 346 g/mol. The average molecular weight is 369 g/mol. The lowest BCUT2D eigenvalue weighted by atomic mass is 9.85. The van der Waals surface area contributed by atoms with E-state index in [1.54, 1.807) is 4.68 Å². The van der Waals surface area contributed by atoms with E-state index in [9.17, 15) is 9.59 Å². The third kappa shape index (κ3) is 4.33. The second kappa shape index (κ2) is 7.48. The molecule has 2 aliphatic rings. The molecule has 1 aromatic carbocycles. The Morgan fingerprint density at radius 3 is 2.63 bits per heavy atom. The summed E-state index contributed by atoms with van der Waals surface area (Å²) in [6.45, 7) is 0.922. The topological polar surface area (TPSA) is 100 Å². The van der Waals surface area contributed by atoms with Crippen LogP contribution in [0.3, 0.4) is 0 Å². The molecule has 0 bridgehead atoms. The largest absolute Gasteiger partial charge is 0.480 e. The second-order valence-corrected chi connectivity index (χ2v) is 7.41. The molecular formula is C19H23N5O3. The number of nitrogens with zero attached hydrogens (tertiary/aromatic N) is 4. The maximum atomic E-state index is 12.4. The summed E-state index contributed by atoms with van der Waals surface area (Å²) < 4.78 is 1.57. The van der Waals surface area contributed by atoms with Gasteiger partial charge in [0, 0.05) is 18.6 Å². The SMILES string of the molecule is O=C(O)CN(CC1CC1)C1CC(NC(=O)c2ncn(-c3ccccc3)n2)C1. The molecule has 0 unspecified atom stereocenters. The van der Waals surface area contributed by atoms with E-state index in [1.165, 1.54) is 19.2 Å². The van der Waals surface area contributed by atoms with Crippen molar-refractivity contribution in [1.29, 1.82) is 0 Å². The van der Waals surface area contributed by atoms with Gasteiger partial charge in [-0.15, -0.1) is 5.10 Å². The van der Waals surface area contributed by atoms with Crippen LogP contribution < -0.4 is 5.32 Å². The maximum Gasteiger partial charge on any atom is 0.317 e. The number of carboxylic acid groups (broad SMARTS) is 1. The number of benzene rings is 1. The van der Waals surface area contributed by atoms with Crippen molar-refractivity contribution < 1.29 is 14.7 Å². The first kappa shape index (κ1) is 17.7. The number of amides is 1. The highest BCUT2D eigenvalue weighted by atomic mass is 16.4. The minimum absolute atomic E-state index is 0.0432. The zero-order valence-electron chi connectivity index (χ0n) is 15.0. The molecule has 2 aliphatic carbocycles. The predicted octanol–water partition coefficient (Wildman–Crippen LogP) is 1.32. The molecule has 4 rings (SSSR count). The number of carbonyl (C=O) groups excluding carboxylic acids is 1. The third-order valence-corrected chi connectivity index (χ3v) is 5.21. The average Bonchev–Trinajstić information content (AvgIpc) is 3.29. The third-order valence-electron chi connectivity index (χ3n) is 5.21. The second-order valence-electron chi connectivity index (χ2n) is 7.41. The molecule has 0 spiro atoms. The van der Waals surface area contributed by atoms with E-state index >= 15 is 0 Å². The van der Waals surface area contributed by atoms with Gasteiger partial charge in [-0.05, 0) is 43.7 Å². The van der Waals surface area contributed by atoms with E-state index in [0.717, 1.165) is 25.1 Å². The van der Waals surface area contributed by atoms with Crippen molar-refractivity contribution >= 4 is 11.9 Å². The van der Waals surface area contributed by atoms with Crippen LogP contribution in [0, 0.1) is 5.92 Å². The van der Waals surface area contributed by atoms with Crippen LogP contribution in [0.2, 0.25) is 0 Å². The van der Waals surface area contributed by atoms with Gasteiger partial charge >= 0.3 is 5.97 Å². The predicted molar refractivity (Wildman–Crippen MR) is 97.6 cm³/mol. The zero-order valence-corrected chi connectivity index (χ0v) is 15.0. The first-order chi connectivity index (χ1) is 13.1. The molecule has 2 saturated carbocycles. The molecule has 1 heterocycles. The van der Waals surface area contributed by atoms with Crippen LogP contribution in [-0.2, 0) is 4.79 Å². The van der Waals surface area contributed by atoms with Crippen LogP contribution in [0.4, 0.5) is 0 Å². The van der Waals surface area contributed by atoms with Gasteiger partial charge in [0.2, 0.25) is 5.82 Å². The van der Waals surface area contributed by atoms with Crippen LogP contribution >= 0.6 is 0 Å². The van der Waals surface area contributed by atoms with Gasteiger partial charge in [-0.2, -0.15) is 0 Å². The summed E-state index contributed by atoms with van der Waals surface area (Å²) in [5, 5.41) is 16.3. The number of hydrogen-bond acceptors (Lipinski definition) is 5. The number of nitrogens with one attached hydrogen (secondary N) is 1. The van der Waals surface area contributed by atoms with Gasteiger partial charge in [0.15, 0.2) is 0 Å². The van der Waals surface area contributed by atoms with E-state index in [2.05, 4.69) is 15.4 Å². The smallest absolute Gasteiger partial charge is 0.317 e. The molecule has 0 saturated heterocycles. The molecule has 2 N–H and O–H groups in total. The van der Waals surface area contributed by atoms with Crippen LogP contribution in [0.1, 0.15) is 36.3 Å². The number of carboxylic acids is 1. The molecule has 8 nitrogen and oxygen atoms in total. The van der Waals surface area contributed by atoms with Gasteiger partial charge in [0.25, 0.3) is 5.91 Å². The highest BCUT2D eigenvalue weighted by Crippen LogP contribution is 2.33. The van der Waals surface area contributed by atoms with Gasteiger partial charge < -0.3 is 10.4 Å². The van der Waals surface area contributed by atoms with Crippen molar-refractivity contribution in [3.05, 3.63) is 42.5 Å². The maximum absolute atomic E-state index is 12.4. The van der Waals surface area contributed by atoms with E-state index in [1.807, 2.05) is 35.2 Å². The minimum Gasteiger partial charge on any atom is -0.480 e. The standard InChI is InChI=1S/C19H23N5O3/c25-17(26)11-23(10-13-6-7-13)16-8-14(9-16)21-19(27)18-20-12-24(22-18)15-4-2-1-3-5-15/h1-5,12-14,16H,6-11H2,(H,21,27)(H,25,26). The molecule has 2 aromatic rings. The highest BCUT2D eigenvalue weighted by molar-refractivity contribution is 5.90. The van der Waals surface area contributed by atoms with Gasteiger partial charge in [0.05, 0.1) is 12.2 Å². The summed E-state index contributed by atoms with van der Waals surface area (Å²) in [7, 11) is 0. The zero-order chi connectivity index (χ0) is 18.8. The Morgan fingerprint density at radius 1 is 1.22 bits per heavy atom. The summed E-state index contributed by atoms with van der Waals surface area (Å²) in [4.78, 5) is 29.6. The van der Waals surface area contributed by atoms with Crippen molar-refractivity contribution in [2.24, 2.45) is 5.92 Å². The summed E-state index contributed by atoms with van der Waals surface area (Å²) in [6, 6.07) is 9.76. The quantitative estimate of drug-likeness (QED) is 0.728. The first-order valence-corrected chi connectivity index (χ1v) is 9.32. The van der Waals surface area contributed by atoms with Crippen LogP contribution in [0.5, 0.6) is 0 Å². The van der Waals surface area contributed by atoms with E-state index in [0.29, 0.717) is 5.92 Å². The van der Waals surface area contributed by atoms with Crippen molar-refractivity contribution in [1.82, 2.24) is 25.0 Å². The number of para-hydroxylation sites is 1. The molecule has 1 amide bonds. The van der Waals surface area contributed by atoms with Crippen LogP contribution in [-0.4, -0.2) is 61.8 Å². The Hall–Kier alpha value is -2.74. The van der Waals surface area contributed by atoms with Crippen molar-refractivity contribution in [3.63, 3.8) is 0 Å². The lowest BCUT2D eigenvalue weighted by Gasteiger charge is -2.42.